The quantitative estimate of drug-likeness (QED) is 0.477. The third-order valence-corrected chi connectivity index (χ3v) is 2.53. The van der Waals surface area contributed by atoms with Gasteiger partial charge in [0.25, 0.3) is 0 Å². The molecule has 1 aliphatic rings. The summed E-state index contributed by atoms with van der Waals surface area (Å²) in [6.07, 6.45) is 0. The standard InChI is InChI=1S/C5H8OS/c1-3(6)5-4(2)7-5/h4-5H,1-2H3. The van der Waals surface area contributed by atoms with Crippen molar-refractivity contribution in [3.05, 3.63) is 0 Å². The SMILES string of the molecule is CC(=O)C1SC1C. The van der Waals surface area contributed by atoms with Gasteiger partial charge in [0, 0.05) is 5.25 Å². The Balaban J connectivity index is 2.33. The molecule has 0 amide bonds. The highest BCUT2D eigenvalue weighted by Crippen LogP contribution is 2.40. The Morgan fingerprint density at radius 2 is 2.14 bits per heavy atom. The summed E-state index contributed by atoms with van der Waals surface area (Å²) in [5, 5.41) is 0.956. The molecule has 1 saturated heterocycles. The van der Waals surface area contributed by atoms with Crippen LogP contribution in [0.1, 0.15) is 13.8 Å². The van der Waals surface area contributed by atoms with E-state index in [-0.39, 0.29) is 0 Å². The first-order valence-electron chi connectivity index (χ1n) is 2.37. The number of thioether (sulfide) groups is 1. The first-order valence-corrected chi connectivity index (χ1v) is 3.32. The van der Waals surface area contributed by atoms with Gasteiger partial charge in [-0.1, -0.05) is 6.92 Å². The molecule has 40 valence electrons. The van der Waals surface area contributed by atoms with Gasteiger partial charge in [0.2, 0.25) is 0 Å². The minimum absolute atomic E-state index is 0.331. The van der Waals surface area contributed by atoms with Crippen molar-refractivity contribution in [3.8, 4) is 0 Å². The minimum atomic E-state index is 0.331. The maximum Gasteiger partial charge on any atom is 0.143 e. The van der Waals surface area contributed by atoms with Gasteiger partial charge < -0.3 is 0 Å². The molecule has 1 aliphatic heterocycles. The van der Waals surface area contributed by atoms with E-state index in [0.29, 0.717) is 16.3 Å². The lowest BCUT2D eigenvalue weighted by molar-refractivity contribution is -0.115. The number of carbonyl (C=O) groups is 1. The Morgan fingerprint density at radius 3 is 2.14 bits per heavy atom. The van der Waals surface area contributed by atoms with E-state index in [0.717, 1.165) is 0 Å². The second-order valence-electron chi connectivity index (χ2n) is 1.87. The second kappa shape index (κ2) is 1.51. The maximum absolute atomic E-state index is 10.4. The van der Waals surface area contributed by atoms with Crippen LogP contribution in [0.25, 0.3) is 0 Å². The molecular weight excluding hydrogens is 108 g/mol. The Bertz CT molecular complexity index is 100. The molecule has 0 saturated carbocycles. The molecule has 1 heterocycles. The minimum Gasteiger partial charge on any atom is -0.299 e. The van der Waals surface area contributed by atoms with Crippen LogP contribution in [0.5, 0.6) is 0 Å². The first kappa shape index (κ1) is 5.16. The van der Waals surface area contributed by atoms with Gasteiger partial charge in [-0.25, -0.2) is 0 Å². The number of hydrogen-bond donors (Lipinski definition) is 0. The molecule has 0 radical (unpaired) electrons. The van der Waals surface area contributed by atoms with Crippen LogP contribution in [0.3, 0.4) is 0 Å². The van der Waals surface area contributed by atoms with Gasteiger partial charge >= 0.3 is 0 Å². The van der Waals surface area contributed by atoms with Crippen LogP contribution in [-0.2, 0) is 4.79 Å². The Morgan fingerprint density at radius 1 is 1.71 bits per heavy atom. The molecule has 2 atom stereocenters. The van der Waals surface area contributed by atoms with Crippen molar-refractivity contribution in [2.75, 3.05) is 0 Å². The van der Waals surface area contributed by atoms with E-state index in [2.05, 4.69) is 6.92 Å². The van der Waals surface area contributed by atoms with Crippen molar-refractivity contribution in [2.24, 2.45) is 0 Å². The van der Waals surface area contributed by atoms with E-state index in [9.17, 15) is 4.79 Å². The predicted molar refractivity (Wildman–Crippen MR) is 31.5 cm³/mol. The lowest BCUT2D eigenvalue weighted by atomic mass is 10.3. The van der Waals surface area contributed by atoms with Crippen molar-refractivity contribution < 1.29 is 4.79 Å². The fourth-order valence-electron chi connectivity index (χ4n) is 0.612. The van der Waals surface area contributed by atoms with Crippen LogP contribution in [-0.4, -0.2) is 16.3 Å². The number of Topliss-reactive ketones (excluding diaryl/α,β-unsaturated/α-hetero) is 1. The highest BCUT2D eigenvalue weighted by atomic mass is 32.2. The molecule has 1 nitrogen and oxygen atoms in total. The molecule has 0 aromatic carbocycles. The van der Waals surface area contributed by atoms with Crippen LogP contribution < -0.4 is 0 Å². The van der Waals surface area contributed by atoms with E-state index in [1.54, 1.807) is 18.7 Å². The van der Waals surface area contributed by atoms with E-state index in [1.807, 2.05) is 0 Å². The molecule has 2 unspecified atom stereocenters. The zero-order chi connectivity index (χ0) is 5.44. The normalized spacial score (nSPS) is 38.0. The predicted octanol–water partition coefficient (Wildman–Crippen LogP) is 1.08. The van der Waals surface area contributed by atoms with E-state index >= 15 is 0 Å². The van der Waals surface area contributed by atoms with E-state index in [1.165, 1.54) is 0 Å². The lowest BCUT2D eigenvalue weighted by Crippen LogP contribution is -2.00. The number of ketones is 1. The molecule has 0 aromatic rings. The summed E-state index contributed by atoms with van der Waals surface area (Å²) >= 11 is 1.75. The largest absolute Gasteiger partial charge is 0.299 e. The second-order valence-corrected chi connectivity index (χ2v) is 3.40. The highest BCUT2D eigenvalue weighted by Gasteiger charge is 2.37. The lowest BCUT2D eigenvalue weighted by Gasteiger charge is -1.77. The van der Waals surface area contributed by atoms with Gasteiger partial charge in [-0.3, -0.25) is 4.79 Å². The topological polar surface area (TPSA) is 17.1 Å². The number of hydrogen-bond acceptors (Lipinski definition) is 2. The van der Waals surface area contributed by atoms with Crippen LogP contribution >= 0.6 is 11.8 Å². The van der Waals surface area contributed by atoms with Gasteiger partial charge in [-0.05, 0) is 6.92 Å². The summed E-state index contributed by atoms with van der Waals surface area (Å²) in [5.41, 5.74) is 0. The van der Waals surface area contributed by atoms with Gasteiger partial charge in [0.1, 0.15) is 5.78 Å². The van der Waals surface area contributed by atoms with Gasteiger partial charge in [0.05, 0.1) is 5.25 Å². The van der Waals surface area contributed by atoms with Crippen molar-refractivity contribution in [2.45, 2.75) is 24.3 Å². The Kier molecular flexibility index (Phi) is 1.11. The van der Waals surface area contributed by atoms with Crippen LogP contribution in [0.2, 0.25) is 0 Å². The highest BCUT2D eigenvalue weighted by molar-refractivity contribution is 8.08. The summed E-state index contributed by atoms with van der Waals surface area (Å²) in [5.74, 6) is 0.331. The van der Waals surface area contributed by atoms with Crippen LogP contribution in [0.4, 0.5) is 0 Å². The smallest absolute Gasteiger partial charge is 0.143 e. The molecule has 7 heavy (non-hydrogen) atoms. The molecule has 2 heteroatoms. The van der Waals surface area contributed by atoms with Gasteiger partial charge in [-0.15, -0.1) is 11.8 Å². The molecule has 1 fully saturated rings. The average Bonchev–Trinajstić information content (AvgIpc) is 2.17. The monoisotopic (exact) mass is 116 g/mol. The summed E-state index contributed by atoms with van der Waals surface area (Å²) < 4.78 is 0. The van der Waals surface area contributed by atoms with Crippen molar-refractivity contribution in [1.29, 1.82) is 0 Å². The summed E-state index contributed by atoms with van der Waals surface area (Å²) in [4.78, 5) is 10.4. The van der Waals surface area contributed by atoms with Crippen molar-refractivity contribution in [1.82, 2.24) is 0 Å². The number of rotatable bonds is 1. The summed E-state index contributed by atoms with van der Waals surface area (Å²) in [7, 11) is 0. The Hall–Kier alpha value is 0.0200. The van der Waals surface area contributed by atoms with Gasteiger partial charge in [-0.2, -0.15) is 0 Å². The first-order chi connectivity index (χ1) is 3.22. The van der Waals surface area contributed by atoms with E-state index < -0.39 is 0 Å². The van der Waals surface area contributed by atoms with Crippen LogP contribution in [0, 0.1) is 0 Å². The summed E-state index contributed by atoms with van der Waals surface area (Å²) in [6, 6.07) is 0. The molecule has 0 N–H and O–H groups in total. The van der Waals surface area contributed by atoms with Gasteiger partial charge in [0.15, 0.2) is 0 Å². The zero-order valence-corrected chi connectivity index (χ0v) is 5.29. The van der Waals surface area contributed by atoms with E-state index in [4.69, 9.17) is 0 Å². The maximum atomic E-state index is 10.4. The third-order valence-electron chi connectivity index (χ3n) is 1.11. The Labute approximate surface area is 47.5 Å². The van der Waals surface area contributed by atoms with Crippen LogP contribution in [0.15, 0.2) is 0 Å². The molecule has 0 aliphatic carbocycles. The molecule has 0 spiro atoms. The average molecular weight is 116 g/mol. The molecular formula is C5H8OS. The zero-order valence-electron chi connectivity index (χ0n) is 4.47. The molecule has 0 aromatic heterocycles. The third kappa shape index (κ3) is 0.969. The molecule has 0 bridgehead atoms. The van der Waals surface area contributed by atoms with Crippen molar-refractivity contribution in [3.63, 3.8) is 0 Å². The molecule has 1 rings (SSSR count). The summed E-state index contributed by atoms with van der Waals surface area (Å²) in [6.45, 7) is 3.73. The number of carbonyl (C=O) groups excluding carboxylic acids is 1. The fourth-order valence-corrected chi connectivity index (χ4v) is 1.37. The van der Waals surface area contributed by atoms with Crippen molar-refractivity contribution >= 4 is 17.5 Å². The fraction of sp³-hybridized carbons (Fsp3) is 0.800.